The molecular weight excluding hydrogens is 282 g/mol. The second kappa shape index (κ2) is 11.6. The molecule has 5 heteroatoms. The Morgan fingerprint density at radius 1 is 1.41 bits per heavy atom. The summed E-state index contributed by atoms with van der Waals surface area (Å²) in [6, 6.07) is 0. The lowest BCUT2D eigenvalue weighted by Gasteiger charge is -2.14. The number of aliphatic hydroxyl groups is 1. The van der Waals surface area contributed by atoms with Gasteiger partial charge in [-0.2, -0.15) is 0 Å². The van der Waals surface area contributed by atoms with E-state index in [4.69, 9.17) is 9.47 Å². The van der Waals surface area contributed by atoms with E-state index in [1.54, 1.807) is 18.1 Å². The van der Waals surface area contributed by atoms with Gasteiger partial charge in [0.2, 0.25) is 6.41 Å². The van der Waals surface area contributed by atoms with Crippen LogP contribution in [0.25, 0.3) is 0 Å². The van der Waals surface area contributed by atoms with Gasteiger partial charge < -0.3 is 19.5 Å². The highest BCUT2D eigenvalue weighted by atomic mass is 16.5. The predicted octanol–water partition coefficient (Wildman–Crippen LogP) is 2.38. The molecule has 1 saturated heterocycles. The quantitative estimate of drug-likeness (QED) is 0.424. The van der Waals surface area contributed by atoms with Crippen molar-refractivity contribution in [1.29, 1.82) is 0 Å². The Bertz CT molecular complexity index is 302. The predicted molar refractivity (Wildman–Crippen MR) is 88.8 cm³/mol. The maximum absolute atomic E-state index is 10.5. The number of rotatable bonds is 8. The Labute approximate surface area is 135 Å². The van der Waals surface area contributed by atoms with E-state index in [2.05, 4.69) is 6.58 Å². The molecule has 1 aliphatic heterocycles. The van der Waals surface area contributed by atoms with Crippen LogP contribution in [-0.4, -0.2) is 61.0 Å². The molecular formula is C17H33NO4. The molecule has 0 aliphatic carbocycles. The first-order valence-corrected chi connectivity index (χ1v) is 7.99. The molecule has 0 bridgehead atoms. The lowest BCUT2D eigenvalue weighted by Crippen LogP contribution is -2.22. The van der Waals surface area contributed by atoms with E-state index in [9.17, 15) is 9.90 Å². The molecule has 130 valence electrons. The zero-order valence-electron chi connectivity index (χ0n) is 14.6. The van der Waals surface area contributed by atoms with E-state index in [1.807, 2.05) is 20.8 Å². The normalized spacial score (nSPS) is 19.3. The number of likely N-dealkylation sites (tertiary alicyclic amines) is 1. The molecule has 0 saturated carbocycles. The minimum Gasteiger partial charge on any atom is -0.389 e. The van der Waals surface area contributed by atoms with Crippen molar-refractivity contribution in [2.75, 3.05) is 26.8 Å². The van der Waals surface area contributed by atoms with Gasteiger partial charge in [-0.1, -0.05) is 6.08 Å². The average Bonchev–Trinajstić information content (AvgIpc) is 2.94. The Morgan fingerprint density at radius 2 is 2.05 bits per heavy atom. The van der Waals surface area contributed by atoms with Crippen molar-refractivity contribution >= 4 is 6.41 Å². The summed E-state index contributed by atoms with van der Waals surface area (Å²) >= 11 is 0. The fraction of sp³-hybridized carbons (Fsp3) is 0.824. The second-order valence-corrected chi connectivity index (χ2v) is 6.50. The van der Waals surface area contributed by atoms with Gasteiger partial charge >= 0.3 is 0 Å². The first-order chi connectivity index (χ1) is 10.3. The van der Waals surface area contributed by atoms with Gasteiger partial charge in [0.1, 0.15) is 0 Å². The van der Waals surface area contributed by atoms with Gasteiger partial charge in [0, 0.05) is 26.8 Å². The van der Waals surface area contributed by atoms with Crippen LogP contribution in [0.5, 0.6) is 0 Å². The van der Waals surface area contributed by atoms with Crippen LogP contribution in [0, 0.1) is 0 Å². The maximum atomic E-state index is 10.5. The van der Waals surface area contributed by atoms with Crippen LogP contribution in [-0.2, 0) is 14.3 Å². The number of carbonyl (C=O) groups excluding carboxylic acids is 1. The van der Waals surface area contributed by atoms with Gasteiger partial charge in [0.25, 0.3) is 0 Å². The fourth-order valence-corrected chi connectivity index (χ4v) is 1.81. The van der Waals surface area contributed by atoms with Crippen LogP contribution < -0.4 is 0 Å². The summed E-state index contributed by atoms with van der Waals surface area (Å²) in [6.45, 7) is 11.8. The fourth-order valence-electron chi connectivity index (χ4n) is 1.81. The molecule has 1 N–H and O–H groups in total. The highest BCUT2D eigenvalue weighted by Crippen LogP contribution is 2.11. The molecule has 0 aromatic carbocycles. The van der Waals surface area contributed by atoms with Crippen molar-refractivity contribution in [3.8, 4) is 0 Å². The van der Waals surface area contributed by atoms with Crippen molar-refractivity contribution in [2.24, 2.45) is 0 Å². The van der Waals surface area contributed by atoms with Gasteiger partial charge in [0.15, 0.2) is 0 Å². The zero-order chi connectivity index (χ0) is 17.0. The number of hydrogen-bond donors (Lipinski definition) is 1. The molecule has 1 rings (SSSR count). The van der Waals surface area contributed by atoms with Crippen LogP contribution in [0.4, 0.5) is 0 Å². The third kappa shape index (κ3) is 11.7. The van der Waals surface area contributed by atoms with Crippen LogP contribution in [0.3, 0.4) is 0 Å². The van der Waals surface area contributed by atoms with Gasteiger partial charge in [-0.3, -0.25) is 4.79 Å². The van der Waals surface area contributed by atoms with E-state index < -0.39 is 6.10 Å². The molecule has 2 atom stereocenters. The maximum Gasteiger partial charge on any atom is 0.209 e. The van der Waals surface area contributed by atoms with E-state index in [0.717, 1.165) is 45.2 Å². The van der Waals surface area contributed by atoms with Crippen molar-refractivity contribution in [1.82, 2.24) is 4.90 Å². The SMILES string of the molecule is C=CC(O)CCCCOC1CCN(C=O)C1.COC(C)(C)C. The summed E-state index contributed by atoms with van der Waals surface area (Å²) in [5.74, 6) is 0. The Hall–Kier alpha value is -0.910. The van der Waals surface area contributed by atoms with Crippen molar-refractivity contribution < 1.29 is 19.4 Å². The number of unbranched alkanes of at least 4 members (excludes halogenated alkanes) is 1. The Kier molecular flexibility index (Phi) is 11.1. The molecule has 0 spiro atoms. The summed E-state index contributed by atoms with van der Waals surface area (Å²) in [7, 11) is 1.71. The lowest BCUT2D eigenvalue weighted by molar-refractivity contribution is -0.117. The van der Waals surface area contributed by atoms with Crippen LogP contribution >= 0.6 is 0 Å². The minimum absolute atomic E-state index is 0.0417. The number of nitrogens with zero attached hydrogens (tertiary/aromatic N) is 1. The van der Waals surface area contributed by atoms with Gasteiger partial charge in [-0.05, 0) is 46.5 Å². The summed E-state index contributed by atoms with van der Waals surface area (Å²) in [5, 5.41) is 9.23. The smallest absolute Gasteiger partial charge is 0.209 e. The summed E-state index contributed by atoms with van der Waals surface area (Å²) in [5.41, 5.74) is 0.0417. The van der Waals surface area contributed by atoms with Crippen molar-refractivity contribution in [3.05, 3.63) is 12.7 Å². The van der Waals surface area contributed by atoms with Gasteiger partial charge in [-0.25, -0.2) is 0 Å². The monoisotopic (exact) mass is 315 g/mol. The molecule has 1 fully saturated rings. The number of methoxy groups -OCH3 is 1. The summed E-state index contributed by atoms with van der Waals surface area (Å²) in [4.78, 5) is 12.2. The highest BCUT2D eigenvalue weighted by molar-refractivity contribution is 5.47. The summed E-state index contributed by atoms with van der Waals surface area (Å²) < 4.78 is 10.6. The topological polar surface area (TPSA) is 59.0 Å². The van der Waals surface area contributed by atoms with Crippen LogP contribution in [0.2, 0.25) is 0 Å². The van der Waals surface area contributed by atoms with Crippen LogP contribution in [0.1, 0.15) is 46.5 Å². The molecule has 1 heterocycles. The number of amides is 1. The standard InChI is InChI=1S/C12H21NO3.C5H12O/c1-2-11(15)5-3-4-8-16-12-6-7-13(9-12)10-14;1-5(2,3)6-4/h2,10-12,15H,1,3-9H2;1-4H3. The molecule has 1 amide bonds. The first kappa shape index (κ1) is 21.1. The third-order valence-corrected chi connectivity index (χ3v) is 3.46. The molecule has 5 nitrogen and oxygen atoms in total. The molecule has 22 heavy (non-hydrogen) atoms. The minimum atomic E-state index is -0.392. The molecule has 0 aromatic rings. The average molecular weight is 315 g/mol. The van der Waals surface area contributed by atoms with Crippen molar-refractivity contribution in [2.45, 2.75) is 64.3 Å². The molecule has 2 unspecified atom stereocenters. The van der Waals surface area contributed by atoms with Gasteiger partial charge in [0.05, 0.1) is 17.8 Å². The van der Waals surface area contributed by atoms with Crippen LogP contribution in [0.15, 0.2) is 12.7 Å². The zero-order valence-corrected chi connectivity index (χ0v) is 14.6. The van der Waals surface area contributed by atoms with E-state index >= 15 is 0 Å². The lowest BCUT2D eigenvalue weighted by atomic mass is 10.1. The number of aliphatic hydroxyl groups excluding tert-OH is 1. The first-order valence-electron chi connectivity index (χ1n) is 7.99. The van der Waals surface area contributed by atoms with E-state index in [0.29, 0.717) is 6.61 Å². The molecule has 0 radical (unpaired) electrons. The second-order valence-electron chi connectivity index (χ2n) is 6.50. The van der Waals surface area contributed by atoms with Gasteiger partial charge in [-0.15, -0.1) is 6.58 Å². The van der Waals surface area contributed by atoms with E-state index in [-0.39, 0.29) is 11.7 Å². The Morgan fingerprint density at radius 3 is 2.50 bits per heavy atom. The molecule has 0 aromatic heterocycles. The third-order valence-electron chi connectivity index (χ3n) is 3.46. The molecule has 1 aliphatic rings. The number of hydrogen-bond acceptors (Lipinski definition) is 4. The number of carbonyl (C=O) groups is 1. The Balaban J connectivity index is 0.000000626. The number of ether oxygens (including phenoxy) is 2. The highest BCUT2D eigenvalue weighted by Gasteiger charge is 2.21. The largest absolute Gasteiger partial charge is 0.389 e. The van der Waals surface area contributed by atoms with E-state index in [1.165, 1.54) is 0 Å². The van der Waals surface area contributed by atoms with Crippen molar-refractivity contribution in [3.63, 3.8) is 0 Å². The summed E-state index contributed by atoms with van der Waals surface area (Å²) in [6.07, 6.45) is 5.82.